The maximum Gasteiger partial charge on any atom is 0.339 e. The monoisotopic (exact) mass is 390 g/mol. The zero-order valence-corrected chi connectivity index (χ0v) is 16.9. The number of halogens is 1. The molecule has 0 bridgehead atoms. The van der Waals surface area contributed by atoms with Gasteiger partial charge in [0, 0.05) is 5.69 Å². The number of nitrogens with one attached hydrogen (secondary N) is 2. The Balaban J connectivity index is 2.09. The lowest BCUT2D eigenvalue weighted by atomic mass is 10.0. The highest BCUT2D eigenvalue weighted by Gasteiger charge is 2.14. The van der Waals surface area contributed by atoms with Gasteiger partial charge in [-0.2, -0.15) is 0 Å². The summed E-state index contributed by atoms with van der Waals surface area (Å²) < 4.78 is 5.02. The van der Waals surface area contributed by atoms with Crippen LogP contribution in [0.3, 0.4) is 0 Å². The second kappa shape index (κ2) is 9.01. The smallest absolute Gasteiger partial charge is 0.339 e. The summed E-state index contributed by atoms with van der Waals surface area (Å²) in [6, 6.07) is 11.4. The van der Waals surface area contributed by atoms with Crippen LogP contribution < -0.4 is 10.6 Å². The third-order valence-electron chi connectivity index (χ3n) is 3.97. The molecule has 0 saturated carbocycles. The van der Waals surface area contributed by atoms with Crippen molar-refractivity contribution in [1.82, 2.24) is 5.32 Å². The molecule has 1 atom stereocenters. The number of rotatable bonds is 5. The highest BCUT2D eigenvalue weighted by molar-refractivity contribution is 7.80. The predicted molar refractivity (Wildman–Crippen MR) is 111 cm³/mol. The van der Waals surface area contributed by atoms with E-state index in [0.29, 0.717) is 28.0 Å². The molecule has 2 rings (SSSR count). The molecule has 0 spiro atoms. The Hall–Kier alpha value is -2.11. The van der Waals surface area contributed by atoms with Crippen LogP contribution in [0.1, 0.15) is 46.9 Å². The van der Waals surface area contributed by atoms with Crippen molar-refractivity contribution in [2.75, 3.05) is 11.9 Å². The zero-order chi connectivity index (χ0) is 19.3. The van der Waals surface area contributed by atoms with E-state index >= 15 is 0 Å². The molecule has 138 valence electrons. The van der Waals surface area contributed by atoms with Crippen LogP contribution in [-0.4, -0.2) is 17.7 Å². The molecule has 0 aliphatic rings. The van der Waals surface area contributed by atoms with Crippen molar-refractivity contribution in [3.8, 4) is 0 Å². The Bertz CT molecular complexity index is 823. The molecule has 0 aromatic heterocycles. The first-order valence-electron chi connectivity index (χ1n) is 8.43. The van der Waals surface area contributed by atoms with Gasteiger partial charge in [0.2, 0.25) is 0 Å². The molecule has 0 aliphatic heterocycles. The van der Waals surface area contributed by atoms with Crippen LogP contribution in [0, 0.1) is 13.8 Å². The lowest BCUT2D eigenvalue weighted by molar-refractivity contribution is 0.0526. The van der Waals surface area contributed by atoms with E-state index in [1.165, 1.54) is 16.7 Å². The minimum Gasteiger partial charge on any atom is -0.462 e. The number of hydrogen-bond acceptors (Lipinski definition) is 3. The molecule has 0 aliphatic carbocycles. The van der Waals surface area contributed by atoms with Gasteiger partial charge in [-0.3, -0.25) is 0 Å². The Morgan fingerprint density at radius 2 is 1.96 bits per heavy atom. The standard InChI is InChI=1S/C20H23ClN2O2S/c1-5-25-19(24)17-11-15(8-9-18(17)21)23-20(26)22-14(4)16-10-12(2)6-7-13(16)3/h6-11,14H,5H2,1-4H3,(H2,22,23,26)/t14-/m1/s1. The number of anilines is 1. The molecule has 0 unspecified atom stereocenters. The third kappa shape index (κ3) is 5.19. The number of esters is 1. The first-order valence-corrected chi connectivity index (χ1v) is 9.21. The fraction of sp³-hybridized carbons (Fsp3) is 0.300. The highest BCUT2D eigenvalue weighted by atomic mass is 35.5. The van der Waals surface area contributed by atoms with Crippen molar-refractivity contribution in [2.24, 2.45) is 0 Å². The van der Waals surface area contributed by atoms with Gasteiger partial charge < -0.3 is 15.4 Å². The van der Waals surface area contributed by atoms with Crippen LogP contribution >= 0.6 is 23.8 Å². The van der Waals surface area contributed by atoms with Gasteiger partial charge in [-0.25, -0.2) is 4.79 Å². The molecule has 2 aromatic carbocycles. The Kier molecular flexibility index (Phi) is 7.00. The van der Waals surface area contributed by atoms with Crippen LogP contribution in [0.2, 0.25) is 5.02 Å². The summed E-state index contributed by atoms with van der Waals surface area (Å²) >= 11 is 11.5. The summed E-state index contributed by atoms with van der Waals surface area (Å²) in [5, 5.41) is 7.18. The molecule has 4 nitrogen and oxygen atoms in total. The minimum atomic E-state index is -0.455. The maximum atomic E-state index is 12.0. The second-order valence-corrected chi connectivity index (χ2v) is 6.91. The fourth-order valence-electron chi connectivity index (χ4n) is 2.64. The van der Waals surface area contributed by atoms with Gasteiger partial charge in [-0.15, -0.1) is 0 Å². The molecule has 0 fully saturated rings. The van der Waals surface area contributed by atoms with E-state index in [-0.39, 0.29) is 6.04 Å². The number of carbonyl (C=O) groups is 1. The molecule has 0 amide bonds. The van der Waals surface area contributed by atoms with Gasteiger partial charge >= 0.3 is 5.97 Å². The van der Waals surface area contributed by atoms with E-state index in [4.69, 9.17) is 28.6 Å². The Morgan fingerprint density at radius 3 is 2.65 bits per heavy atom. The fourth-order valence-corrected chi connectivity index (χ4v) is 3.13. The summed E-state index contributed by atoms with van der Waals surface area (Å²) in [7, 11) is 0. The number of benzene rings is 2. The van der Waals surface area contributed by atoms with E-state index in [9.17, 15) is 4.79 Å². The van der Waals surface area contributed by atoms with Gasteiger partial charge in [0.1, 0.15) is 0 Å². The zero-order valence-electron chi connectivity index (χ0n) is 15.4. The molecular weight excluding hydrogens is 368 g/mol. The van der Waals surface area contributed by atoms with Crippen molar-refractivity contribution in [1.29, 1.82) is 0 Å². The SMILES string of the molecule is CCOC(=O)c1cc(NC(=S)N[C@H](C)c2cc(C)ccc2C)ccc1Cl. The maximum absolute atomic E-state index is 12.0. The van der Waals surface area contributed by atoms with Crippen molar-refractivity contribution >= 4 is 40.6 Å². The van der Waals surface area contributed by atoms with Crippen LogP contribution in [0.25, 0.3) is 0 Å². The first-order chi connectivity index (χ1) is 12.3. The second-order valence-electron chi connectivity index (χ2n) is 6.10. The van der Waals surface area contributed by atoms with Gasteiger partial charge in [0.05, 0.1) is 23.2 Å². The molecule has 26 heavy (non-hydrogen) atoms. The lowest BCUT2D eigenvalue weighted by Crippen LogP contribution is -2.31. The molecule has 0 radical (unpaired) electrons. The molecule has 0 heterocycles. The Labute approximate surface area is 164 Å². The first kappa shape index (κ1) is 20.2. The van der Waals surface area contributed by atoms with Crippen LogP contribution in [0.15, 0.2) is 36.4 Å². The number of aryl methyl sites for hydroxylation is 2. The van der Waals surface area contributed by atoms with Crippen molar-refractivity contribution in [3.63, 3.8) is 0 Å². The van der Waals surface area contributed by atoms with Crippen LogP contribution in [0.4, 0.5) is 5.69 Å². The van der Waals surface area contributed by atoms with Crippen molar-refractivity contribution < 1.29 is 9.53 Å². The molecule has 2 N–H and O–H groups in total. The predicted octanol–water partition coefficient (Wildman–Crippen LogP) is 5.18. The molecule has 0 saturated heterocycles. The van der Waals surface area contributed by atoms with Crippen molar-refractivity contribution in [3.05, 3.63) is 63.7 Å². The molecule has 2 aromatic rings. The van der Waals surface area contributed by atoms with Gasteiger partial charge in [0.15, 0.2) is 5.11 Å². The third-order valence-corrected chi connectivity index (χ3v) is 4.52. The van der Waals surface area contributed by atoms with E-state index in [1.807, 2.05) is 0 Å². The average Bonchev–Trinajstić information content (AvgIpc) is 2.58. The Morgan fingerprint density at radius 1 is 1.23 bits per heavy atom. The van der Waals surface area contributed by atoms with E-state index in [2.05, 4.69) is 49.6 Å². The topological polar surface area (TPSA) is 50.4 Å². The van der Waals surface area contributed by atoms with Gasteiger partial charge in [0.25, 0.3) is 0 Å². The van der Waals surface area contributed by atoms with E-state index in [1.54, 1.807) is 25.1 Å². The van der Waals surface area contributed by atoms with E-state index in [0.717, 1.165) is 0 Å². The highest BCUT2D eigenvalue weighted by Crippen LogP contribution is 2.22. The van der Waals surface area contributed by atoms with Gasteiger partial charge in [-0.1, -0.05) is 35.4 Å². The van der Waals surface area contributed by atoms with Gasteiger partial charge in [-0.05, 0) is 69.2 Å². The number of thiocarbonyl (C=S) groups is 1. The summed E-state index contributed by atoms with van der Waals surface area (Å²) in [6.07, 6.45) is 0. The number of hydrogen-bond donors (Lipinski definition) is 2. The summed E-state index contributed by atoms with van der Waals surface area (Å²) in [6.45, 7) is 8.24. The molecule has 6 heteroatoms. The van der Waals surface area contributed by atoms with E-state index < -0.39 is 5.97 Å². The average molecular weight is 391 g/mol. The van der Waals surface area contributed by atoms with Crippen LogP contribution in [-0.2, 0) is 4.74 Å². The lowest BCUT2D eigenvalue weighted by Gasteiger charge is -2.20. The van der Waals surface area contributed by atoms with Crippen LogP contribution in [0.5, 0.6) is 0 Å². The minimum absolute atomic E-state index is 0.0479. The number of ether oxygens (including phenoxy) is 1. The number of carbonyl (C=O) groups excluding carboxylic acids is 1. The largest absolute Gasteiger partial charge is 0.462 e. The van der Waals surface area contributed by atoms with Crippen molar-refractivity contribution in [2.45, 2.75) is 33.7 Å². The summed E-state index contributed by atoms with van der Waals surface area (Å²) in [5.41, 5.74) is 4.58. The summed E-state index contributed by atoms with van der Waals surface area (Å²) in [4.78, 5) is 12.0. The quantitative estimate of drug-likeness (QED) is 0.544. The normalized spacial score (nSPS) is 11.6. The molecular formula is C20H23ClN2O2S. The summed E-state index contributed by atoms with van der Waals surface area (Å²) in [5.74, 6) is -0.455.